The molecule has 117 valence electrons. The molecule has 3 heteroatoms. The van der Waals surface area contributed by atoms with E-state index in [1.54, 1.807) is 11.3 Å². The molecule has 4 rings (SSSR count). The van der Waals surface area contributed by atoms with E-state index in [0.717, 1.165) is 17.1 Å². The Labute approximate surface area is 169 Å². The van der Waals surface area contributed by atoms with Gasteiger partial charge in [-0.15, -0.1) is 11.3 Å². The third-order valence-electron chi connectivity index (χ3n) is 3.65. The Hall–Kier alpha value is -0.826. The summed E-state index contributed by atoms with van der Waals surface area (Å²) in [6, 6.07) is 17.3. The minimum atomic E-state index is 0. The normalized spacial score (nSPS) is 10.4. The smallest absolute Gasteiger partial charge is 0.0908 e. The van der Waals surface area contributed by atoms with Gasteiger partial charge < -0.3 is 7.43 Å². The number of hydrogen-bond donors (Lipinski definition) is 0. The van der Waals surface area contributed by atoms with E-state index in [-0.39, 0.29) is 40.1 Å². The van der Waals surface area contributed by atoms with Crippen LogP contribution in [0.15, 0.2) is 48.5 Å². The monoisotopic (exact) mass is 397 g/mol. The molecule has 1 aliphatic carbocycles. The van der Waals surface area contributed by atoms with Crippen LogP contribution < -0.4 is 0 Å². The van der Waals surface area contributed by atoms with E-state index in [9.17, 15) is 0 Å². The Balaban J connectivity index is 0.000000638. The van der Waals surface area contributed by atoms with Gasteiger partial charge in [-0.2, -0.15) is 0 Å². The van der Waals surface area contributed by atoms with Crippen LogP contribution in [0.25, 0.3) is 21.7 Å². The average molecular weight is 397 g/mol. The number of fused-ring (bicyclic) bond motifs is 5. The summed E-state index contributed by atoms with van der Waals surface area (Å²) >= 11 is 1.80. The second-order valence-electron chi connectivity index (χ2n) is 4.90. The zero-order valence-corrected chi connectivity index (χ0v) is 17.9. The van der Waals surface area contributed by atoms with Gasteiger partial charge in [-0.3, -0.25) is 0 Å². The van der Waals surface area contributed by atoms with Gasteiger partial charge in [0.25, 0.3) is 0 Å². The van der Waals surface area contributed by atoms with Gasteiger partial charge >= 0.3 is 0 Å². The first-order valence-electron chi connectivity index (χ1n) is 7.47. The number of thiazole rings is 1. The van der Waals surface area contributed by atoms with Gasteiger partial charge in [0.1, 0.15) is 0 Å². The Morgan fingerprint density at radius 3 is 2.04 bits per heavy atom. The van der Waals surface area contributed by atoms with Crippen LogP contribution >= 0.6 is 11.3 Å². The standard InChI is InChI=1S/C17H13NS.C2H6.CH3.Y/c1-11-18-16-14-8-4-2-6-12(14)10-13-7-3-5-9-15(13)17(16)19-11;1-2;;/h2-9H,10H2,1H3;1-2H3;1H3;/q;;-1;. The molecule has 0 saturated heterocycles. The largest absolute Gasteiger partial charge is 0.358 e. The molecule has 1 aromatic heterocycles. The average Bonchev–Trinajstić information content (AvgIpc) is 2.86. The summed E-state index contributed by atoms with van der Waals surface area (Å²) in [5.41, 5.74) is 6.57. The number of hydrogen-bond acceptors (Lipinski definition) is 2. The van der Waals surface area contributed by atoms with Crippen molar-refractivity contribution in [3.63, 3.8) is 0 Å². The van der Waals surface area contributed by atoms with Crippen molar-refractivity contribution in [1.29, 1.82) is 0 Å². The summed E-state index contributed by atoms with van der Waals surface area (Å²) in [7, 11) is 0. The van der Waals surface area contributed by atoms with E-state index in [0.29, 0.717) is 0 Å². The summed E-state index contributed by atoms with van der Waals surface area (Å²) in [5, 5.41) is 1.14. The second-order valence-corrected chi connectivity index (χ2v) is 6.10. The van der Waals surface area contributed by atoms with Gasteiger partial charge in [-0.25, -0.2) is 4.98 Å². The summed E-state index contributed by atoms with van der Waals surface area (Å²) in [6.45, 7) is 6.09. The Morgan fingerprint density at radius 1 is 0.870 bits per heavy atom. The zero-order valence-electron chi connectivity index (χ0n) is 14.3. The SMILES string of the molecule is CC.Cc1nc2c(s1)-c1ccccc1Cc1ccccc1-2.[CH3-].[Y]. The van der Waals surface area contributed by atoms with E-state index in [2.05, 4.69) is 55.5 Å². The molecule has 23 heavy (non-hydrogen) atoms. The second kappa shape index (κ2) is 8.87. The molecule has 0 spiro atoms. The first-order valence-corrected chi connectivity index (χ1v) is 8.28. The summed E-state index contributed by atoms with van der Waals surface area (Å²) in [4.78, 5) is 6.09. The Kier molecular flexibility index (Phi) is 7.80. The number of nitrogens with zero attached hydrogens (tertiary/aromatic N) is 1. The van der Waals surface area contributed by atoms with Crippen LogP contribution in [0, 0.1) is 14.4 Å². The number of benzene rings is 2. The molecule has 0 N–H and O–H groups in total. The molecular formula is C20H22NSY-. The molecule has 0 bridgehead atoms. The topological polar surface area (TPSA) is 12.9 Å². The minimum Gasteiger partial charge on any atom is -0.358 e. The van der Waals surface area contributed by atoms with Gasteiger partial charge in [0.05, 0.1) is 15.6 Å². The van der Waals surface area contributed by atoms with Gasteiger partial charge in [0.15, 0.2) is 0 Å². The third-order valence-corrected chi connectivity index (χ3v) is 4.65. The molecule has 2 aromatic carbocycles. The molecule has 0 saturated carbocycles. The first kappa shape index (κ1) is 20.2. The third kappa shape index (κ3) is 3.81. The van der Waals surface area contributed by atoms with Crippen LogP contribution in [0.5, 0.6) is 0 Å². The summed E-state index contributed by atoms with van der Waals surface area (Å²) in [5.74, 6) is 0. The van der Waals surface area contributed by atoms with Crippen molar-refractivity contribution in [2.45, 2.75) is 27.2 Å². The predicted molar refractivity (Wildman–Crippen MR) is 98.3 cm³/mol. The molecular weight excluding hydrogens is 375 g/mol. The predicted octanol–water partition coefficient (Wildman–Crippen LogP) is 6.16. The van der Waals surface area contributed by atoms with Crippen molar-refractivity contribution in [2.24, 2.45) is 0 Å². The maximum Gasteiger partial charge on any atom is 0.0908 e. The molecule has 0 atom stereocenters. The van der Waals surface area contributed by atoms with Crippen molar-refractivity contribution in [3.05, 3.63) is 72.1 Å². The van der Waals surface area contributed by atoms with Crippen molar-refractivity contribution in [1.82, 2.24) is 4.98 Å². The number of rotatable bonds is 0. The molecule has 1 nitrogen and oxygen atoms in total. The Bertz CT molecular complexity index is 714. The van der Waals surface area contributed by atoms with Crippen molar-refractivity contribution in [3.8, 4) is 21.7 Å². The molecule has 1 aliphatic rings. The first-order chi connectivity index (χ1) is 10.3. The van der Waals surface area contributed by atoms with Crippen LogP contribution in [0.2, 0.25) is 0 Å². The molecule has 3 aromatic rings. The van der Waals surface area contributed by atoms with E-state index >= 15 is 0 Å². The fraction of sp³-hybridized carbons (Fsp3) is 0.200. The van der Waals surface area contributed by atoms with E-state index < -0.39 is 0 Å². The fourth-order valence-electron chi connectivity index (χ4n) is 2.80. The maximum atomic E-state index is 4.77. The number of aryl methyl sites for hydroxylation is 1. The van der Waals surface area contributed by atoms with E-state index in [4.69, 9.17) is 4.98 Å². The van der Waals surface area contributed by atoms with Crippen molar-refractivity contribution >= 4 is 11.3 Å². The van der Waals surface area contributed by atoms with Gasteiger partial charge in [-0.1, -0.05) is 62.4 Å². The molecule has 0 aliphatic heterocycles. The van der Waals surface area contributed by atoms with Crippen LogP contribution in [0.3, 0.4) is 0 Å². The van der Waals surface area contributed by atoms with Gasteiger partial charge in [0.2, 0.25) is 0 Å². The molecule has 0 fully saturated rings. The number of aromatic nitrogens is 1. The molecule has 1 radical (unpaired) electrons. The van der Waals surface area contributed by atoms with Crippen LogP contribution in [-0.2, 0) is 39.1 Å². The van der Waals surface area contributed by atoms with Gasteiger partial charge in [-0.05, 0) is 30.0 Å². The fourth-order valence-corrected chi connectivity index (χ4v) is 3.79. The maximum absolute atomic E-state index is 4.77. The van der Waals surface area contributed by atoms with Crippen LogP contribution in [0.1, 0.15) is 30.0 Å². The molecule has 0 amide bonds. The minimum absolute atomic E-state index is 0. The van der Waals surface area contributed by atoms with E-state index in [1.165, 1.54) is 27.1 Å². The van der Waals surface area contributed by atoms with Gasteiger partial charge in [0, 0.05) is 38.3 Å². The van der Waals surface area contributed by atoms with Crippen LogP contribution in [-0.4, -0.2) is 4.98 Å². The molecule has 1 heterocycles. The summed E-state index contributed by atoms with van der Waals surface area (Å²) < 4.78 is 0. The Morgan fingerprint density at radius 2 is 1.39 bits per heavy atom. The molecule has 0 unspecified atom stereocenters. The van der Waals surface area contributed by atoms with Crippen molar-refractivity contribution < 1.29 is 32.7 Å². The summed E-state index contributed by atoms with van der Waals surface area (Å²) in [6.07, 6.45) is 0.995. The van der Waals surface area contributed by atoms with Crippen LogP contribution in [0.4, 0.5) is 0 Å². The van der Waals surface area contributed by atoms with Crippen molar-refractivity contribution in [2.75, 3.05) is 0 Å². The zero-order chi connectivity index (χ0) is 14.8. The quantitative estimate of drug-likeness (QED) is 0.324. The van der Waals surface area contributed by atoms with E-state index in [1.807, 2.05) is 13.8 Å².